The van der Waals surface area contributed by atoms with Gasteiger partial charge in [0, 0.05) is 6.54 Å². The number of hydrogen-bond acceptors (Lipinski definition) is 5. The van der Waals surface area contributed by atoms with Gasteiger partial charge in [-0.25, -0.2) is 4.98 Å². The van der Waals surface area contributed by atoms with E-state index in [2.05, 4.69) is 10.3 Å². The summed E-state index contributed by atoms with van der Waals surface area (Å²) in [5.74, 6) is 0.00482. The van der Waals surface area contributed by atoms with Gasteiger partial charge in [0.15, 0.2) is 4.34 Å². The van der Waals surface area contributed by atoms with Crippen molar-refractivity contribution in [1.29, 1.82) is 0 Å². The summed E-state index contributed by atoms with van der Waals surface area (Å²) in [6, 6.07) is 7.95. The Morgan fingerprint density at radius 2 is 2.09 bits per heavy atom. The second-order valence-electron chi connectivity index (χ2n) is 5.94. The Bertz CT molecular complexity index is 619. The van der Waals surface area contributed by atoms with Gasteiger partial charge in [-0.2, -0.15) is 0 Å². The van der Waals surface area contributed by atoms with E-state index in [9.17, 15) is 9.90 Å². The molecule has 0 aliphatic carbocycles. The molecule has 2 rings (SSSR count). The van der Waals surface area contributed by atoms with E-state index in [1.165, 1.54) is 11.8 Å². The van der Waals surface area contributed by atoms with E-state index in [-0.39, 0.29) is 23.6 Å². The van der Waals surface area contributed by atoms with E-state index in [4.69, 9.17) is 0 Å². The Balaban J connectivity index is 1.93. The number of para-hydroxylation sites is 1. The summed E-state index contributed by atoms with van der Waals surface area (Å²) in [5, 5.41) is 12.8. The average molecular weight is 338 g/mol. The summed E-state index contributed by atoms with van der Waals surface area (Å²) in [4.78, 5) is 16.7. The van der Waals surface area contributed by atoms with Crippen molar-refractivity contribution >= 4 is 39.2 Å². The Hall–Kier alpha value is -1.11. The maximum absolute atomic E-state index is 12.2. The minimum atomic E-state index is -0.893. The molecule has 0 radical (unpaired) electrons. The fourth-order valence-corrected chi connectivity index (χ4v) is 3.96. The van der Waals surface area contributed by atoms with Crippen LogP contribution >= 0.6 is 23.1 Å². The number of carbonyl (C=O) groups excluding carboxylic acids is 1. The van der Waals surface area contributed by atoms with E-state index >= 15 is 0 Å². The predicted molar refractivity (Wildman–Crippen MR) is 93.4 cm³/mol. The van der Waals surface area contributed by atoms with Crippen LogP contribution in [0.15, 0.2) is 28.6 Å². The Morgan fingerprint density at radius 3 is 2.73 bits per heavy atom. The zero-order chi connectivity index (χ0) is 16.3. The van der Waals surface area contributed by atoms with Gasteiger partial charge in [0.25, 0.3) is 0 Å². The van der Waals surface area contributed by atoms with Crippen LogP contribution in [0, 0.1) is 5.92 Å². The first-order chi connectivity index (χ1) is 10.3. The smallest absolute Gasteiger partial charge is 0.233 e. The Kier molecular flexibility index (Phi) is 5.47. The molecular weight excluding hydrogens is 316 g/mol. The maximum Gasteiger partial charge on any atom is 0.233 e. The van der Waals surface area contributed by atoms with Crippen LogP contribution in [0.25, 0.3) is 10.2 Å². The van der Waals surface area contributed by atoms with Crippen molar-refractivity contribution in [1.82, 2.24) is 10.3 Å². The highest BCUT2D eigenvalue weighted by Gasteiger charge is 2.26. The van der Waals surface area contributed by atoms with Crippen LogP contribution in [-0.2, 0) is 4.79 Å². The molecule has 2 aromatic rings. The van der Waals surface area contributed by atoms with E-state index in [1.54, 1.807) is 18.3 Å². The van der Waals surface area contributed by atoms with Crippen molar-refractivity contribution in [3.8, 4) is 0 Å². The van der Waals surface area contributed by atoms with Gasteiger partial charge in [-0.05, 0) is 31.9 Å². The molecule has 1 aromatic heterocycles. The number of thioether (sulfide) groups is 1. The molecule has 6 heteroatoms. The molecule has 0 bridgehead atoms. The van der Waals surface area contributed by atoms with Crippen LogP contribution in [0.1, 0.15) is 27.7 Å². The van der Waals surface area contributed by atoms with Gasteiger partial charge in [0.05, 0.1) is 21.1 Å². The molecule has 2 atom stereocenters. The van der Waals surface area contributed by atoms with Crippen molar-refractivity contribution in [2.45, 2.75) is 42.9 Å². The molecule has 0 aliphatic heterocycles. The number of nitrogens with zero attached hydrogens (tertiary/aromatic N) is 1. The van der Waals surface area contributed by atoms with Crippen LogP contribution in [0.3, 0.4) is 0 Å². The fourth-order valence-electron chi connectivity index (χ4n) is 1.72. The summed E-state index contributed by atoms with van der Waals surface area (Å²) in [6.07, 6.45) is 0. The third kappa shape index (κ3) is 4.21. The first-order valence-corrected chi connectivity index (χ1v) is 9.01. The lowest BCUT2D eigenvalue weighted by Gasteiger charge is -2.28. The molecule has 1 aromatic carbocycles. The van der Waals surface area contributed by atoms with Crippen molar-refractivity contribution < 1.29 is 9.90 Å². The first-order valence-electron chi connectivity index (χ1n) is 7.32. The third-order valence-electron chi connectivity index (χ3n) is 3.79. The molecule has 2 unspecified atom stereocenters. The minimum Gasteiger partial charge on any atom is -0.388 e. The zero-order valence-corrected chi connectivity index (χ0v) is 14.9. The van der Waals surface area contributed by atoms with E-state index in [0.29, 0.717) is 0 Å². The maximum atomic E-state index is 12.2. The average Bonchev–Trinajstić information content (AvgIpc) is 2.86. The number of fused-ring (bicyclic) bond motifs is 1. The fraction of sp³-hybridized carbons (Fsp3) is 0.500. The van der Waals surface area contributed by atoms with E-state index < -0.39 is 5.60 Å². The predicted octanol–water partition coefficient (Wildman–Crippen LogP) is 3.30. The Morgan fingerprint density at radius 1 is 1.41 bits per heavy atom. The quantitative estimate of drug-likeness (QED) is 0.793. The summed E-state index contributed by atoms with van der Waals surface area (Å²) >= 11 is 3.04. The number of aliphatic hydroxyl groups is 1. The number of hydrogen-bond donors (Lipinski definition) is 2. The highest BCUT2D eigenvalue weighted by atomic mass is 32.2. The highest BCUT2D eigenvalue weighted by Crippen LogP contribution is 2.31. The molecule has 2 N–H and O–H groups in total. The number of rotatable bonds is 6. The third-order valence-corrected chi connectivity index (χ3v) is 6.02. The van der Waals surface area contributed by atoms with Gasteiger partial charge in [0.2, 0.25) is 5.91 Å². The molecule has 0 saturated heterocycles. The summed E-state index contributed by atoms with van der Waals surface area (Å²) in [6.45, 7) is 7.73. The normalized spacial score (nSPS) is 15.7. The van der Waals surface area contributed by atoms with E-state index in [1.807, 2.05) is 45.0 Å². The summed E-state index contributed by atoms with van der Waals surface area (Å²) < 4.78 is 2.01. The van der Waals surface area contributed by atoms with Crippen molar-refractivity contribution in [2.24, 2.45) is 5.92 Å². The number of nitrogens with one attached hydrogen (secondary N) is 1. The molecule has 4 nitrogen and oxygen atoms in total. The molecule has 0 spiro atoms. The van der Waals surface area contributed by atoms with Crippen LogP contribution in [0.2, 0.25) is 0 Å². The second kappa shape index (κ2) is 6.98. The van der Waals surface area contributed by atoms with Crippen LogP contribution in [0.5, 0.6) is 0 Å². The molecule has 0 aliphatic rings. The van der Waals surface area contributed by atoms with Gasteiger partial charge in [0.1, 0.15) is 0 Å². The molecule has 22 heavy (non-hydrogen) atoms. The minimum absolute atomic E-state index is 0.0785. The largest absolute Gasteiger partial charge is 0.388 e. The first kappa shape index (κ1) is 17.2. The van der Waals surface area contributed by atoms with Gasteiger partial charge in [-0.1, -0.05) is 37.7 Å². The van der Waals surface area contributed by atoms with E-state index in [0.717, 1.165) is 14.6 Å². The lowest BCUT2D eigenvalue weighted by Crippen LogP contribution is -2.46. The Labute approximate surface area is 139 Å². The van der Waals surface area contributed by atoms with Crippen molar-refractivity contribution in [3.05, 3.63) is 24.3 Å². The standard InChI is InChI=1S/C16H22N2O2S2/c1-10(2)16(4,20)9-17-14(19)11(3)21-15-18-12-7-5-6-8-13(12)22-15/h5-8,10-11,20H,9H2,1-4H3,(H,17,19). The van der Waals surface area contributed by atoms with Crippen LogP contribution in [0.4, 0.5) is 0 Å². The topological polar surface area (TPSA) is 62.2 Å². The van der Waals surface area contributed by atoms with Gasteiger partial charge in [-0.15, -0.1) is 11.3 Å². The molecular formula is C16H22N2O2S2. The van der Waals surface area contributed by atoms with Crippen LogP contribution in [-0.4, -0.2) is 33.4 Å². The molecule has 120 valence electrons. The second-order valence-corrected chi connectivity index (χ2v) is 8.56. The van der Waals surface area contributed by atoms with Gasteiger partial charge >= 0.3 is 0 Å². The van der Waals surface area contributed by atoms with Gasteiger partial charge in [-0.3, -0.25) is 4.79 Å². The zero-order valence-electron chi connectivity index (χ0n) is 13.3. The summed E-state index contributed by atoms with van der Waals surface area (Å²) in [5.41, 5.74) is 0.0703. The SMILES string of the molecule is CC(Sc1nc2ccccc2s1)C(=O)NCC(C)(O)C(C)C. The lowest BCUT2D eigenvalue weighted by molar-refractivity contribution is -0.121. The number of carbonyl (C=O) groups is 1. The van der Waals surface area contributed by atoms with Crippen molar-refractivity contribution in [3.63, 3.8) is 0 Å². The van der Waals surface area contributed by atoms with Crippen molar-refractivity contribution in [2.75, 3.05) is 6.54 Å². The van der Waals surface area contributed by atoms with Crippen LogP contribution < -0.4 is 5.32 Å². The monoisotopic (exact) mass is 338 g/mol. The van der Waals surface area contributed by atoms with Gasteiger partial charge < -0.3 is 10.4 Å². The highest BCUT2D eigenvalue weighted by molar-refractivity contribution is 8.02. The molecule has 1 amide bonds. The molecule has 0 fully saturated rings. The molecule has 0 saturated carbocycles. The number of thiazole rings is 1. The number of amides is 1. The summed E-state index contributed by atoms with van der Waals surface area (Å²) in [7, 11) is 0. The number of benzene rings is 1. The number of aromatic nitrogens is 1. The molecule has 1 heterocycles. The lowest BCUT2D eigenvalue weighted by atomic mass is 9.92.